The monoisotopic (exact) mass is 317 g/mol. The van der Waals surface area contributed by atoms with Crippen molar-refractivity contribution in [2.75, 3.05) is 19.6 Å². The van der Waals surface area contributed by atoms with Gasteiger partial charge in [0.05, 0.1) is 21.3 Å². The maximum atomic E-state index is 12.0. The number of likely N-dealkylation sites (tertiary alicyclic amines) is 1. The fourth-order valence-electron chi connectivity index (χ4n) is 2.15. The summed E-state index contributed by atoms with van der Waals surface area (Å²) in [5.74, 6) is 0.491. The summed E-state index contributed by atoms with van der Waals surface area (Å²) in [6.07, 6.45) is 0.713. The van der Waals surface area contributed by atoms with Gasteiger partial charge < -0.3 is 5.11 Å². The second-order valence-corrected chi connectivity index (χ2v) is 7.01. The summed E-state index contributed by atoms with van der Waals surface area (Å²) in [6, 6.07) is 3.76. The van der Waals surface area contributed by atoms with Crippen LogP contribution in [0.15, 0.2) is 15.9 Å². The van der Waals surface area contributed by atoms with Crippen LogP contribution in [-0.4, -0.2) is 41.5 Å². The summed E-state index contributed by atoms with van der Waals surface area (Å²) >= 11 is 4.84. The van der Waals surface area contributed by atoms with E-state index in [4.69, 9.17) is 0 Å². The van der Waals surface area contributed by atoms with Crippen molar-refractivity contribution >= 4 is 33.0 Å². The fourth-order valence-corrected chi connectivity index (χ4v) is 3.46. The molecule has 0 bridgehead atoms. The lowest BCUT2D eigenvalue weighted by Gasteiger charge is -2.16. The Bertz CT molecular complexity index is 405. The van der Waals surface area contributed by atoms with E-state index in [1.165, 1.54) is 11.3 Å². The number of Topliss-reactive ketones (excluding diaryl/α,β-unsaturated/α-hetero) is 1. The van der Waals surface area contributed by atoms with Crippen molar-refractivity contribution in [3.05, 3.63) is 20.8 Å². The molecule has 2 heterocycles. The third-order valence-corrected chi connectivity index (χ3v) is 4.87. The minimum absolute atomic E-state index is 0.173. The third kappa shape index (κ3) is 3.37. The molecule has 1 aromatic heterocycles. The largest absolute Gasteiger partial charge is 0.393 e. The molecule has 5 heteroatoms. The molecular weight excluding hydrogens is 302 g/mol. The van der Waals surface area contributed by atoms with E-state index >= 15 is 0 Å². The average Bonchev–Trinajstić information content (AvgIpc) is 2.86. The van der Waals surface area contributed by atoms with Crippen molar-refractivity contribution in [1.29, 1.82) is 0 Å². The number of thiophene rings is 1. The van der Waals surface area contributed by atoms with Gasteiger partial charge in [0.1, 0.15) is 0 Å². The number of carbonyl (C=O) groups excluding carboxylic acids is 1. The number of hydrogen-bond donors (Lipinski definition) is 1. The van der Waals surface area contributed by atoms with E-state index in [0.29, 0.717) is 12.5 Å². The summed E-state index contributed by atoms with van der Waals surface area (Å²) in [7, 11) is 0. The summed E-state index contributed by atoms with van der Waals surface area (Å²) in [5, 5.41) is 9.51. The molecule has 0 aliphatic carbocycles. The Labute approximate surface area is 114 Å². The second kappa shape index (κ2) is 5.61. The van der Waals surface area contributed by atoms with E-state index in [0.717, 1.165) is 28.2 Å². The van der Waals surface area contributed by atoms with Crippen LogP contribution in [0.3, 0.4) is 0 Å². The molecule has 17 heavy (non-hydrogen) atoms. The van der Waals surface area contributed by atoms with Crippen LogP contribution in [0, 0.1) is 5.92 Å². The fraction of sp³-hybridized carbons (Fsp3) is 0.583. The molecule has 2 rings (SSSR count). The highest BCUT2D eigenvalue weighted by Gasteiger charge is 2.27. The molecule has 0 spiro atoms. The minimum Gasteiger partial charge on any atom is -0.393 e. The molecule has 1 N–H and O–H groups in total. The SMILES string of the molecule is CC(O)C1CCN(CC(=O)c2ccc(Br)s2)C1. The Kier molecular flexibility index (Phi) is 4.36. The van der Waals surface area contributed by atoms with E-state index in [-0.39, 0.29) is 11.9 Å². The first kappa shape index (κ1) is 13.2. The highest BCUT2D eigenvalue weighted by atomic mass is 79.9. The van der Waals surface area contributed by atoms with Gasteiger partial charge in [0.15, 0.2) is 5.78 Å². The van der Waals surface area contributed by atoms with E-state index in [1.54, 1.807) is 0 Å². The molecule has 1 fully saturated rings. The van der Waals surface area contributed by atoms with Crippen LogP contribution in [0.25, 0.3) is 0 Å². The summed E-state index contributed by atoms with van der Waals surface area (Å²) in [4.78, 5) is 14.9. The summed E-state index contributed by atoms with van der Waals surface area (Å²) in [6.45, 7) is 4.03. The molecule has 0 saturated carbocycles. The predicted molar refractivity (Wildman–Crippen MR) is 72.6 cm³/mol. The zero-order valence-corrected chi connectivity index (χ0v) is 12.1. The molecule has 1 aliphatic heterocycles. The molecule has 1 aliphatic rings. The topological polar surface area (TPSA) is 40.5 Å². The summed E-state index contributed by atoms with van der Waals surface area (Å²) in [5.41, 5.74) is 0. The van der Waals surface area contributed by atoms with Gasteiger partial charge in [0.25, 0.3) is 0 Å². The zero-order chi connectivity index (χ0) is 12.4. The molecular formula is C12H16BrNO2S. The van der Waals surface area contributed by atoms with Gasteiger partial charge in [-0.3, -0.25) is 9.69 Å². The molecule has 0 amide bonds. The molecule has 2 atom stereocenters. The van der Waals surface area contributed by atoms with Crippen LogP contribution in [0.4, 0.5) is 0 Å². The maximum absolute atomic E-state index is 12.0. The van der Waals surface area contributed by atoms with Crippen LogP contribution in [0.1, 0.15) is 23.0 Å². The van der Waals surface area contributed by atoms with Crippen molar-refractivity contribution in [2.45, 2.75) is 19.4 Å². The van der Waals surface area contributed by atoms with Crippen molar-refractivity contribution in [3.8, 4) is 0 Å². The third-order valence-electron chi connectivity index (χ3n) is 3.21. The van der Waals surface area contributed by atoms with Gasteiger partial charge in [-0.15, -0.1) is 11.3 Å². The van der Waals surface area contributed by atoms with Crippen LogP contribution in [0.2, 0.25) is 0 Å². The van der Waals surface area contributed by atoms with E-state index < -0.39 is 0 Å². The van der Waals surface area contributed by atoms with Gasteiger partial charge in [-0.25, -0.2) is 0 Å². The molecule has 3 nitrogen and oxygen atoms in total. The number of aliphatic hydroxyl groups excluding tert-OH is 1. The molecule has 1 aromatic rings. The number of aliphatic hydroxyl groups is 1. The molecule has 0 radical (unpaired) electrons. The highest BCUT2D eigenvalue weighted by molar-refractivity contribution is 9.11. The van der Waals surface area contributed by atoms with Gasteiger partial charge in [0.2, 0.25) is 0 Å². The molecule has 2 unspecified atom stereocenters. The summed E-state index contributed by atoms with van der Waals surface area (Å²) < 4.78 is 0.990. The van der Waals surface area contributed by atoms with Crippen molar-refractivity contribution in [2.24, 2.45) is 5.92 Å². The first-order valence-corrected chi connectivity index (χ1v) is 7.36. The standard InChI is InChI=1S/C12H16BrNO2S/c1-8(15)9-4-5-14(6-9)7-10(16)11-2-3-12(13)17-11/h2-3,8-9,15H,4-7H2,1H3. The van der Waals surface area contributed by atoms with Gasteiger partial charge in [-0.2, -0.15) is 0 Å². The lowest BCUT2D eigenvalue weighted by molar-refractivity contribution is 0.0929. The Morgan fingerprint density at radius 1 is 1.71 bits per heavy atom. The lowest BCUT2D eigenvalue weighted by Crippen LogP contribution is -2.29. The zero-order valence-electron chi connectivity index (χ0n) is 9.73. The van der Waals surface area contributed by atoms with Crippen LogP contribution >= 0.6 is 27.3 Å². The number of rotatable bonds is 4. The smallest absolute Gasteiger partial charge is 0.186 e. The van der Waals surface area contributed by atoms with Gasteiger partial charge in [0, 0.05) is 6.54 Å². The van der Waals surface area contributed by atoms with Gasteiger partial charge in [-0.1, -0.05) is 0 Å². The number of carbonyl (C=O) groups is 1. The van der Waals surface area contributed by atoms with Crippen molar-refractivity contribution < 1.29 is 9.90 Å². The van der Waals surface area contributed by atoms with Gasteiger partial charge >= 0.3 is 0 Å². The van der Waals surface area contributed by atoms with Crippen LogP contribution in [0.5, 0.6) is 0 Å². The van der Waals surface area contributed by atoms with E-state index in [1.807, 2.05) is 19.1 Å². The quantitative estimate of drug-likeness (QED) is 0.867. The number of halogens is 1. The van der Waals surface area contributed by atoms with Crippen molar-refractivity contribution in [1.82, 2.24) is 4.90 Å². The molecule has 1 saturated heterocycles. The maximum Gasteiger partial charge on any atom is 0.186 e. The Balaban J connectivity index is 1.88. The van der Waals surface area contributed by atoms with E-state index in [9.17, 15) is 9.90 Å². The normalized spacial score (nSPS) is 22.9. The van der Waals surface area contributed by atoms with E-state index in [2.05, 4.69) is 20.8 Å². The number of nitrogens with zero attached hydrogens (tertiary/aromatic N) is 1. The first-order valence-electron chi connectivity index (χ1n) is 5.75. The van der Waals surface area contributed by atoms with Crippen LogP contribution in [-0.2, 0) is 0 Å². The number of hydrogen-bond acceptors (Lipinski definition) is 4. The molecule has 94 valence electrons. The Morgan fingerprint density at radius 3 is 3.00 bits per heavy atom. The second-order valence-electron chi connectivity index (χ2n) is 4.55. The Morgan fingerprint density at radius 2 is 2.47 bits per heavy atom. The predicted octanol–water partition coefficient (Wildman–Crippen LogP) is 2.40. The van der Waals surface area contributed by atoms with Gasteiger partial charge in [-0.05, 0) is 53.9 Å². The molecule has 0 aromatic carbocycles. The first-order chi connectivity index (χ1) is 8.06. The van der Waals surface area contributed by atoms with Crippen molar-refractivity contribution in [3.63, 3.8) is 0 Å². The Hall–Kier alpha value is -0.230. The number of ketones is 1. The average molecular weight is 318 g/mol. The van der Waals surface area contributed by atoms with Crippen LogP contribution < -0.4 is 0 Å². The highest BCUT2D eigenvalue weighted by Crippen LogP contribution is 2.24. The lowest BCUT2D eigenvalue weighted by atomic mass is 10.0. The minimum atomic E-state index is -0.272.